The van der Waals surface area contributed by atoms with Crippen LogP contribution in [-0.2, 0) is 15.0 Å². The van der Waals surface area contributed by atoms with E-state index in [0.29, 0.717) is 37.5 Å². The van der Waals surface area contributed by atoms with Gasteiger partial charge < -0.3 is 9.84 Å². The van der Waals surface area contributed by atoms with Gasteiger partial charge in [-0.3, -0.25) is 4.79 Å². The molecule has 2 heterocycles. The number of carbonyl (C=O) groups is 1. The van der Waals surface area contributed by atoms with Crippen molar-refractivity contribution in [2.45, 2.75) is 19.8 Å². The van der Waals surface area contributed by atoms with Crippen LogP contribution in [0.2, 0.25) is 0 Å². The molecule has 1 amide bonds. The Bertz CT molecular complexity index is 603. The van der Waals surface area contributed by atoms with Gasteiger partial charge in [0, 0.05) is 39.2 Å². The smallest absolute Gasteiger partial charge is 0.281 e. The van der Waals surface area contributed by atoms with Gasteiger partial charge in [0.2, 0.25) is 5.91 Å². The highest BCUT2D eigenvalue weighted by Crippen LogP contribution is 2.22. The number of amides is 1. The van der Waals surface area contributed by atoms with Gasteiger partial charge in [-0.1, -0.05) is 5.16 Å². The molecule has 0 spiro atoms. The Hall–Kier alpha value is -1.45. The van der Waals surface area contributed by atoms with E-state index in [-0.39, 0.29) is 11.8 Å². The summed E-state index contributed by atoms with van der Waals surface area (Å²) in [4.78, 5) is 12.1. The third-order valence-corrected chi connectivity index (χ3v) is 5.43. The molecule has 1 fully saturated rings. The predicted molar refractivity (Wildman–Crippen MR) is 76.8 cm³/mol. The summed E-state index contributed by atoms with van der Waals surface area (Å²) in [5, 5.41) is 6.39. The van der Waals surface area contributed by atoms with Crippen LogP contribution in [0.15, 0.2) is 10.6 Å². The van der Waals surface area contributed by atoms with E-state index in [1.807, 2.05) is 0 Å². The van der Waals surface area contributed by atoms with Crippen molar-refractivity contribution >= 4 is 21.9 Å². The van der Waals surface area contributed by atoms with Crippen LogP contribution in [0.25, 0.3) is 0 Å². The average Bonchev–Trinajstić information content (AvgIpc) is 2.84. The zero-order valence-electron chi connectivity index (χ0n) is 12.4. The Morgan fingerprint density at radius 1 is 1.43 bits per heavy atom. The normalized spacial score (nSPS) is 18.1. The van der Waals surface area contributed by atoms with Crippen LogP contribution in [0.1, 0.15) is 18.6 Å². The van der Waals surface area contributed by atoms with Crippen molar-refractivity contribution in [3.8, 4) is 0 Å². The number of aryl methyl sites for hydroxylation is 1. The second-order valence-electron chi connectivity index (χ2n) is 5.28. The van der Waals surface area contributed by atoms with Gasteiger partial charge in [0.15, 0.2) is 5.82 Å². The van der Waals surface area contributed by atoms with Gasteiger partial charge in [-0.15, -0.1) is 0 Å². The number of nitrogens with one attached hydrogen (secondary N) is 1. The highest BCUT2D eigenvalue weighted by molar-refractivity contribution is 7.86. The van der Waals surface area contributed by atoms with Crippen molar-refractivity contribution in [3.05, 3.63) is 11.8 Å². The average molecular weight is 316 g/mol. The van der Waals surface area contributed by atoms with Gasteiger partial charge in [0.05, 0.1) is 0 Å². The summed E-state index contributed by atoms with van der Waals surface area (Å²) in [7, 11) is -0.395. The maximum absolute atomic E-state index is 12.1. The van der Waals surface area contributed by atoms with E-state index in [2.05, 4.69) is 10.5 Å². The van der Waals surface area contributed by atoms with Crippen LogP contribution in [-0.4, -0.2) is 55.3 Å². The molecule has 1 aliphatic rings. The Morgan fingerprint density at radius 3 is 2.52 bits per heavy atom. The molecule has 9 heteroatoms. The minimum atomic E-state index is -3.40. The zero-order chi connectivity index (χ0) is 15.6. The molecular weight excluding hydrogens is 296 g/mol. The molecule has 1 aromatic heterocycles. The van der Waals surface area contributed by atoms with Crippen molar-refractivity contribution in [1.29, 1.82) is 0 Å². The molecule has 8 nitrogen and oxygen atoms in total. The van der Waals surface area contributed by atoms with Gasteiger partial charge in [-0.05, 0) is 19.8 Å². The van der Waals surface area contributed by atoms with Crippen molar-refractivity contribution < 1.29 is 17.7 Å². The first kappa shape index (κ1) is 15.9. The largest absolute Gasteiger partial charge is 0.360 e. The minimum absolute atomic E-state index is 0.148. The van der Waals surface area contributed by atoms with Crippen molar-refractivity contribution in [2.24, 2.45) is 5.92 Å². The predicted octanol–water partition coefficient (Wildman–Crippen LogP) is 0.440. The summed E-state index contributed by atoms with van der Waals surface area (Å²) >= 11 is 0. The number of hydrogen-bond donors (Lipinski definition) is 1. The standard InChI is InChI=1S/C12H20N4O4S/c1-9-8-11(14-20-9)13-12(17)10-4-6-16(7-5-10)21(18,19)15(2)3/h8,10H,4-7H2,1-3H3,(H,13,14,17). The second-order valence-corrected chi connectivity index (χ2v) is 7.42. The molecule has 21 heavy (non-hydrogen) atoms. The fourth-order valence-electron chi connectivity index (χ4n) is 2.23. The topological polar surface area (TPSA) is 95.8 Å². The van der Waals surface area contributed by atoms with Gasteiger partial charge in [-0.25, -0.2) is 0 Å². The molecule has 118 valence electrons. The maximum Gasteiger partial charge on any atom is 0.281 e. The molecule has 1 N–H and O–H groups in total. The molecule has 2 rings (SSSR count). The molecule has 0 radical (unpaired) electrons. The van der Waals surface area contributed by atoms with E-state index in [4.69, 9.17) is 4.52 Å². The molecule has 0 atom stereocenters. The first-order valence-corrected chi connectivity index (χ1v) is 8.12. The molecule has 1 aromatic rings. The van der Waals surface area contributed by atoms with E-state index in [1.54, 1.807) is 13.0 Å². The second kappa shape index (κ2) is 6.12. The number of rotatable bonds is 4. The van der Waals surface area contributed by atoms with Crippen molar-refractivity contribution in [3.63, 3.8) is 0 Å². The van der Waals surface area contributed by atoms with E-state index in [1.165, 1.54) is 22.7 Å². The molecule has 0 aliphatic carbocycles. The summed E-state index contributed by atoms with van der Waals surface area (Å²) in [5.74, 6) is 0.652. The Kier molecular flexibility index (Phi) is 4.64. The monoisotopic (exact) mass is 316 g/mol. The maximum atomic E-state index is 12.1. The molecule has 1 saturated heterocycles. The fourth-order valence-corrected chi connectivity index (χ4v) is 3.37. The van der Waals surface area contributed by atoms with E-state index in [9.17, 15) is 13.2 Å². The summed E-state index contributed by atoms with van der Waals surface area (Å²) in [6, 6.07) is 1.64. The molecular formula is C12H20N4O4S. The van der Waals surface area contributed by atoms with Crippen molar-refractivity contribution in [2.75, 3.05) is 32.5 Å². The van der Waals surface area contributed by atoms with Crippen LogP contribution in [0.4, 0.5) is 5.82 Å². The SMILES string of the molecule is Cc1cc(NC(=O)C2CCN(S(=O)(=O)N(C)C)CC2)no1. The Labute approximate surface area is 124 Å². The minimum Gasteiger partial charge on any atom is -0.360 e. The molecule has 0 aromatic carbocycles. The fraction of sp³-hybridized carbons (Fsp3) is 0.667. The molecule has 0 bridgehead atoms. The Morgan fingerprint density at radius 2 is 2.05 bits per heavy atom. The van der Waals surface area contributed by atoms with E-state index < -0.39 is 10.2 Å². The lowest BCUT2D eigenvalue weighted by Crippen LogP contribution is -2.46. The molecule has 1 aliphatic heterocycles. The number of anilines is 1. The summed E-state index contributed by atoms with van der Waals surface area (Å²) in [5.41, 5.74) is 0. The number of aromatic nitrogens is 1. The van der Waals surface area contributed by atoms with Gasteiger partial charge in [0.1, 0.15) is 5.76 Å². The Balaban J connectivity index is 1.90. The van der Waals surface area contributed by atoms with Gasteiger partial charge in [0.25, 0.3) is 10.2 Å². The lowest BCUT2D eigenvalue weighted by molar-refractivity contribution is -0.121. The quantitative estimate of drug-likeness (QED) is 0.869. The van der Waals surface area contributed by atoms with Crippen molar-refractivity contribution in [1.82, 2.24) is 13.8 Å². The molecule has 0 unspecified atom stereocenters. The number of hydrogen-bond acceptors (Lipinski definition) is 5. The summed E-state index contributed by atoms with van der Waals surface area (Å²) < 4.78 is 31.4. The van der Waals surface area contributed by atoms with E-state index >= 15 is 0 Å². The third kappa shape index (κ3) is 3.60. The van der Waals surface area contributed by atoms with E-state index in [0.717, 1.165) is 0 Å². The van der Waals surface area contributed by atoms with Gasteiger partial charge in [-0.2, -0.15) is 17.0 Å². The highest BCUT2D eigenvalue weighted by Gasteiger charge is 2.32. The number of piperidine rings is 1. The van der Waals surface area contributed by atoms with Crippen LogP contribution in [0.3, 0.4) is 0 Å². The molecule has 0 saturated carbocycles. The summed E-state index contributed by atoms with van der Waals surface area (Å²) in [6.45, 7) is 2.43. The zero-order valence-corrected chi connectivity index (χ0v) is 13.2. The lowest BCUT2D eigenvalue weighted by Gasteiger charge is -2.31. The number of carbonyl (C=O) groups excluding carboxylic acids is 1. The first-order valence-electron chi connectivity index (χ1n) is 6.72. The summed E-state index contributed by atoms with van der Waals surface area (Å²) in [6.07, 6.45) is 0.992. The van der Waals surface area contributed by atoms with Crippen LogP contribution >= 0.6 is 0 Å². The van der Waals surface area contributed by atoms with Crippen LogP contribution in [0, 0.1) is 12.8 Å². The first-order chi connectivity index (χ1) is 9.80. The van der Waals surface area contributed by atoms with Crippen LogP contribution in [0.5, 0.6) is 0 Å². The highest BCUT2D eigenvalue weighted by atomic mass is 32.2. The number of nitrogens with zero attached hydrogens (tertiary/aromatic N) is 3. The third-order valence-electron chi connectivity index (χ3n) is 3.49. The van der Waals surface area contributed by atoms with Gasteiger partial charge >= 0.3 is 0 Å². The lowest BCUT2D eigenvalue weighted by atomic mass is 9.97. The van der Waals surface area contributed by atoms with Crippen LogP contribution < -0.4 is 5.32 Å².